The number of hydrogen-bond acceptors (Lipinski definition) is 5. The number of ether oxygens (including phenoxy) is 2. The van der Waals surface area contributed by atoms with E-state index in [2.05, 4.69) is 49.6 Å². The van der Waals surface area contributed by atoms with Crippen molar-refractivity contribution in [1.29, 1.82) is 0 Å². The maximum absolute atomic E-state index is 10.9. The summed E-state index contributed by atoms with van der Waals surface area (Å²) in [5, 5.41) is 10.9. The van der Waals surface area contributed by atoms with Crippen molar-refractivity contribution < 1.29 is 14.6 Å². The molecule has 0 saturated carbocycles. The van der Waals surface area contributed by atoms with Gasteiger partial charge >= 0.3 is 0 Å². The Bertz CT molecular complexity index is 802. The van der Waals surface area contributed by atoms with Gasteiger partial charge < -0.3 is 14.6 Å². The second-order valence-electron chi connectivity index (χ2n) is 9.28. The highest BCUT2D eigenvalue weighted by molar-refractivity contribution is 5.80. The predicted molar refractivity (Wildman–Crippen MR) is 141 cm³/mol. The number of hydrogen-bond donors (Lipinski definition) is 1. The van der Waals surface area contributed by atoms with Crippen LogP contribution in [0.15, 0.2) is 36.4 Å². The molecule has 0 aliphatic heterocycles. The summed E-state index contributed by atoms with van der Waals surface area (Å²) in [7, 11) is 0. The van der Waals surface area contributed by atoms with Crippen LogP contribution in [-0.2, 0) is 0 Å². The minimum atomic E-state index is -0.595. The van der Waals surface area contributed by atoms with E-state index in [0.29, 0.717) is 13.2 Å². The van der Waals surface area contributed by atoms with Gasteiger partial charge in [0.05, 0.1) is 0 Å². The van der Waals surface area contributed by atoms with Crippen LogP contribution >= 0.6 is 0 Å². The smallest absolute Gasteiger partial charge is 0.120 e. The first-order valence-corrected chi connectivity index (χ1v) is 13.3. The van der Waals surface area contributed by atoms with Crippen LogP contribution in [0, 0.1) is 0 Å². The highest BCUT2D eigenvalue weighted by Crippen LogP contribution is 2.46. The molecule has 5 heteroatoms. The molecule has 0 bridgehead atoms. The molecule has 0 amide bonds. The first-order chi connectivity index (χ1) is 16.6. The fourth-order valence-corrected chi connectivity index (χ4v) is 4.88. The van der Waals surface area contributed by atoms with E-state index in [1.54, 1.807) is 0 Å². The van der Waals surface area contributed by atoms with Crippen LogP contribution in [0.2, 0.25) is 0 Å². The maximum atomic E-state index is 10.9. The average molecular weight is 469 g/mol. The van der Waals surface area contributed by atoms with Crippen LogP contribution in [0.3, 0.4) is 0 Å². The van der Waals surface area contributed by atoms with Crippen molar-refractivity contribution in [3.05, 3.63) is 47.5 Å². The Balaban J connectivity index is 1.65. The van der Waals surface area contributed by atoms with Gasteiger partial charge in [-0.1, -0.05) is 39.8 Å². The molecule has 0 unspecified atom stereocenters. The zero-order chi connectivity index (χ0) is 24.3. The molecular formula is C29H44N2O3. The Labute approximate surface area is 206 Å². The maximum Gasteiger partial charge on any atom is 0.120 e. The van der Waals surface area contributed by atoms with Gasteiger partial charge in [0, 0.05) is 13.1 Å². The van der Waals surface area contributed by atoms with Crippen molar-refractivity contribution in [2.45, 2.75) is 59.5 Å². The molecule has 3 rings (SSSR count). The van der Waals surface area contributed by atoms with Gasteiger partial charge in [0.25, 0.3) is 0 Å². The lowest BCUT2D eigenvalue weighted by Gasteiger charge is -2.21. The van der Waals surface area contributed by atoms with Gasteiger partial charge in [0.1, 0.15) is 30.8 Å². The van der Waals surface area contributed by atoms with Gasteiger partial charge in [-0.25, -0.2) is 0 Å². The molecule has 1 N–H and O–H groups in total. The van der Waals surface area contributed by atoms with Crippen LogP contribution < -0.4 is 9.47 Å². The van der Waals surface area contributed by atoms with Crippen molar-refractivity contribution in [2.75, 3.05) is 52.5 Å². The van der Waals surface area contributed by atoms with Crippen LogP contribution in [0.25, 0.3) is 11.1 Å². The molecule has 1 aliphatic rings. The first kappa shape index (κ1) is 26.5. The number of aliphatic hydroxyl groups is 1. The summed E-state index contributed by atoms with van der Waals surface area (Å²) in [5.74, 6) is 1.71. The van der Waals surface area contributed by atoms with E-state index in [0.717, 1.165) is 98.7 Å². The molecule has 5 nitrogen and oxygen atoms in total. The Morgan fingerprint density at radius 2 is 1.00 bits per heavy atom. The summed E-state index contributed by atoms with van der Waals surface area (Å²) in [6.07, 6.45) is 4.04. The lowest BCUT2D eigenvalue weighted by atomic mass is 10.1. The zero-order valence-corrected chi connectivity index (χ0v) is 21.7. The summed E-state index contributed by atoms with van der Waals surface area (Å²) in [5.41, 5.74) is 3.97. The lowest BCUT2D eigenvalue weighted by molar-refractivity contribution is 0.208. The highest BCUT2D eigenvalue weighted by atomic mass is 16.5. The molecule has 1 aliphatic carbocycles. The molecule has 0 radical (unpaired) electrons. The number of rotatable bonds is 16. The van der Waals surface area contributed by atoms with Gasteiger partial charge in [0.15, 0.2) is 0 Å². The third-order valence-electron chi connectivity index (χ3n) is 6.44. The Kier molecular flexibility index (Phi) is 10.7. The summed E-state index contributed by atoms with van der Waals surface area (Å²) < 4.78 is 12.2. The summed E-state index contributed by atoms with van der Waals surface area (Å²) in [6.45, 7) is 16.5. The minimum Gasteiger partial charge on any atom is -0.492 e. The van der Waals surface area contributed by atoms with Crippen molar-refractivity contribution in [2.24, 2.45) is 0 Å². The third-order valence-corrected chi connectivity index (χ3v) is 6.44. The molecule has 188 valence electrons. The monoisotopic (exact) mass is 468 g/mol. The summed E-state index contributed by atoms with van der Waals surface area (Å²) in [4.78, 5) is 4.91. The number of benzene rings is 2. The molecule has 0 atom stereocenters. The molecule has 0 saturated heterocycles. The van der Waals surface area contributed by atoms with E-state index in [4.69, 9.17) is 9.47 Å². The molecule has 0 spiro atoms. The second kappa shape index (κ2) is 13.7. The van der Waals surface area contributed by atoms with E-state index in [1.807, 2.05) is 24.3 Å². The van der Waals surface area contributed by atoms with E-state index in [-0.39, 0.29) is 0 Å². The Morgan fingerprint density at radius 1 is 0.618 bits per heavy atom. The van der Waals surface area contributed by atoms with Crippen molar-refractivity contribution in [3.63, 3.8) is 0 Å². The molecule has 0 heterocycles. The van der Waals surface area contributed by atoms with Crippen molar-refractivity contribution in [3.8, 4) is 22.6 Å². The molecule has 2 aromatic carbocycles. The van der Waals surface area contributed by atoms with Crippen LogP contribution in [0.5, 0.6) is 11.5 Å². The average Bonchev–Trinajstić information content (AvgIpc) is 3.11. The van der Waals surface area contributed by atoms with Gasteiger partial charge in [-0.3, -0.25) is 9.80 Å². The second-order valence-corrected chi connectivity index (χ2v) is 9.28. The lowest BCUT2D eigenvalue weighted by Crippen LogP contribution is -2.30. The molecular weight excluding hydrogens is 424 g/mol. The van der Waals surface area contributed by atoms with E-state index in [1.165, 1.54) is 0 Å². The predicted octanol–water partition coefficient (Wildman–Crippen LogP) is 5.75. The largest absolute Gasteiger partial charge is 0.492 e. The van der Waals surface area contributed by atoms with Gasteiger partial charge in [-0.2, -0.15) is 0 Å². The Morgan fingerprint density at radius 3 is 1.35 bits per heavy atom. The number of fused-ring (bicyclic) bond motifs is 3. The van der Waals surface area contributed by atoms with Crippen LogP contribution in [0.1, 0.15) is 70.6 Å². The SMILES string of the molecule is CCCN(CCC)CCOc1ccc2c(c1)-c1cc(OCCN(CCC)CCC)ccc1C2O. The standard InChI is InChI=1S/C29H44N2O3/c1-5-13-30(14-6-2)17-19-33-23-9-11-25-27(21-23)28-22-24(10-12-26(28)29(25)32)34-20-18-31(15-7-3)16-8-4/h9-12,21-22,29,32H,5-8,13-20H2,1-4H3. The summed E-state index contributed by atoms with van der Waals surface area (Å²) in [6, 6.07) is 12.1. The normalized spacial score (nSPS) is 12.9. The van der Waals surface area contributed by atoms with E-state index < -0.39 is 6.10 Å². The molecule has 2 aromatic rings. The zero-order valence-electron chi connectivity index (χ0n) is 21.7. The first-order valence-electron chi connectivity index (χ1n) is 13.3. The number of aliphatic hydroxyl groups excluding tert-OH is 1. The fourth-order valence-electron chi connectivity index (χ4n) is 4.88. The molecule has 34 heavy (non-hydrogen) atoms. The van der Waals surface area contributed by atoms with E-state index >= 15 is 0 Å². The van der Waals surface area contributed by atoms with Crippen LogP contribution in [0.4, 0.5) is 0 Å². The quantitative estimate of drug-likeness (QED) is 0.340. The van der Waals surface area contributed by atoms with Gasteiger partial charge in [0.2, 0.25) is 0 Å². The Hall–Kier alpha value is -2.08. The topological polar surface area (TPSA) is 45.2 Å². The molecule has 0 fully saturated rings. The minimum absolute atomic E-state index is 0.595. The van der Waals surface area contributed by atoms with Gasteiger partial charge in [-0.15, -0.1) is 0 Å². The number of nitrogens with zero attached hydrogens (tertiary/aromatic N) is 2. The highest BCUT2D eigenvalue weighted by Gasteiger charge is 2.28. The van der Waals surface area contributed by atoms with E-state index in [9.17, 15) is 5.11 Å². The summed E-state index contributed by atoms with van der Waals surface area (Å²) >= 11 is 0. The van der Waals surface area contributed by atoms with Gasteiger partial charge in [-0.05, 0) is 98.4 Å². The van der Waals surface area contributed by atoms with Crippen molar-refractivity contribution in [1.82, 2.24) is 9.80 Å². The van der Waals surface area contributed by atoms with Crippen LogP contribution in [-0.4, -0.2) is 67.4 Å². The third kappa shape index (κ3) is 6.97. The molecule has 0 aromatic heterocycles. The van der Waals surface area contributed by atoms with Crippen molar-refractivity contribution >= 4 is 0 Å². The fraction of sp³-hybridized carbons (Fsp3) is 0.586.